The van der Waals surface area contributed by atoms with Crippen LogP contribution in [0, 0.1) is 0 Å². The highest BCUT2D eigenvalue weighted by atomic mass is 16.4. The van der Waals surface area contributed by atoms with Gasteiger partial charge in [-0.05, 0) is 33.7 Å². The molecule has 2 N–H and O–H groups in total. The molecule has 7 heteroatoms. The molecule has 0 aliphatic rings. The number of anilines is 1. The van der Waals surface area contributed by atoms with E-state index in [0.29, 0.717) is 24.9 Å². The minimum Gasteiger partial charge on any atom is -0.406 e. The normalized spacial score (nSPS) is 12.2. The molecule has 0 bridgehead atoms. The van der Waals surface area contributed by atoms with Gasteiger partial charge in [0.2, 0.25) is 11.8 Å². The number of amides is 1. The lowest BCUT2D eigenvalue weighted by Crippen LogP contribution is -2.31. The van der Waals surface area contributed by atoms with Crippen molar-refractivity contribution in [2.75, 3.05) is 31.5 Å². The summed E-state index contributed by atoms with van der Waals surface area (Å²) in [6.45, 7) is 10.9. The largest absolute Gasteiger partial charge is 0.406 e. The van der Waals surface area contributed by atoms with Crippen LogP contribution in [0.1, 0.15) is 52.5 Å². The number of hydrogen-bond acceptors (Lipinski definition) is 6. The third-order valence-corrected chi connectivity index (χ3v) is 3.24. The van der Waals surface area contributed by atoms with Gasteiger partial charge in [-0.25, -0.2) is 0 Å². The molecule has 7 nitrogen and oxygen atoms in total. The van der Waals surface area contributed by atoms with Crippen molar-refractivity contribution in [1.29, 1.82) is 0 Å². The van der Waals surface area contributed by atoms with Crippen LogP contribution in [0.3, 0.4) is 0 Å². The Balaban J connectivity index is 2.36. The van der Waals surface area contributed by atoms with Gasteiger partial charge in [0.05, 0.1) is 6.04 Å². The van der Waals surface area contributed by atoms with Crippen LogP contribution >= 0.6 is 0 Å². The van der Waals surface area contributed by atoms with E-state index in [2.05, 4.69) is 27.8 Å². The van der Waals surface area contributed by atoms with E-state index in [1.807, 2.05) is 20.8 Å². The second-order valence-corrected chi connectivity index (χ2v) is 4.86. The maximum Gasteiger partial charge on any atom is 0.315 e. The van der Waals surface area contributed by atoms with Crippen molar-refractivity contribution < 1.29 is 9.21 Å². The zero-order valence-corrected chi connectivity index (χ0v) is 13.5. The van der Waals surface area contributed by atoms with E-state index < -0.39 is 0 Å². The van der Waals surface area contributed by atoms with Crippen LogP contribution in [-0.2, 0) is 4.79 Å². The van der Waals surface area contributed by atoms with Crippen molar-refractivity contribution in [1.82, 2.24) is 20.4 Å². The first-order valence-electron chi connectivity index (χ1n) is 7.70. The maximum absolute atomic E-state index is 11.8. The summed E-state index contributed by atoms with van der Waals surface area (Å²) in [5.74, 6) is 0.686. The first kappa shape index (κ1) is 17.4. The Morgan fingerprint density at radius 2 is 1.95 bits per heavy atom. The molecule has 0 spiro atoms. The van der Waals surface area contributed by atoms with Crippen molar-refractivity contribution in [2.45, 2.75) is 46.6 Å². The van der Waals surface area contributed by atoms with Crippen molar-refractivity contribution in [3.63, 3.8) is 0 Å². The predicted octanol–water partition coefficient (Wildman–Crippen LogP) is 1.80. The van der Waals surface area contributed by atoms with Crippen LogP contribution in [0.2, 0.25) is 0 Å². The summed E-state index contributed by atoms with van der Waals surface area (Å²) in [6.07, 6.45) is 1.47. The van der Waals surface area contributed by atoms with E-state index in [0.717, 1.165) is 26.1 Å². The van der Waals surface area contributed by atoms with Gasteiger partial charge in [0.1, 0.15) is 0 Å². The first-order valence-corrected chi connectivity index (χ1v) is 7.70. The van der Waals surface area contributed by atoms with E-state index in [1.54, 1.807) is 4.90 Å². The summed E-state index contributed by atoms with van der Waals surface area (Å²) >= 11 is 0. The minimum absolute atomic E-state index is 0.0327. The average molecular weight is 297 g/mol. The van der Waals surface area contributed by atoms with Gasteiger partial charge >= 0.3 is 6.01 Å². The molecular weight excluding hydrogens is 270 g/mol. The molecule has 1 aromatic rings. The topological polar surface area (TPSA) is 83.3 Å². The molecule has 1 heterocycles. The molecule has 1 unspecified atom stereocenters. The van der Waals surface area contributed by atoms with Crippen LogP contribution in [0.25, 0.3) is 0 Å². The maximum atomic E-state index is 11.8. The molecule has 0 saturated heterocycles. The van der Waals surface area contributed by atoms with Crippen LogP contribution in [-0.4, -0.2) is 47.2 Å². The zero-order valence-electron chi connectivity index (χ0n) is 13.5. The highest BCUT2D eigenvalue weighted by Crippen LogP contribution is 2.13. The van der Waals surface area contributed by atoms with Crippen LogP contribution in [0.4, 0.5) is 6.01 Å². The number of aromatic nitrogens is 2. The Bertz CT molecular complexity index is 417. The molecule has 1 atom stereocenters. The number of rotatable bonds is 10. The van der Waals surface area contributed by atoms with E-state index in [9.17, 15) is 4.79 Å². The van der Waals surface area contributed by atoms with Crippen LogP contribution in [0.15, 0.2) is 4.42 Å². The fourth-order valence-corrected chi connectivity index (χ4v) is 1.94. The molecule has 0 radical (unpaired) electrons. The smallest absolute Gasteiger partial charge is 0.315 e. The predicted molar refractivity (Wildman–Crippen MR) is 82.0 cm³/mol. The molecule has 0 fully saturated rings. The SMILES string of the molecule is CCCNC(C)c1nnc(NCCC(=O)N(CC)CC)o1. The zero-order chi connectivity index (χ0) is 15.7. The van der Waals surface area contributed by atoms with Gasteiger partial charge in [0.25, 0.3) is 0 Å². The summed E-state index contributed by atoms with van der Waals surface area (Å²) in [5.41, 5.74) is 0. The third-order valence-electron chi connectivity index (χ3n) is 3.24. The molecule has 1 rings (SSSR count). The minimum atomic E-state index is 0.0327. The molecule has 0 saturated carbocycles. The second kappa shape index (κ2) is 9.33. The number of nitrogens with zero attached hydrogens (tertiary/aromatic N) is 3. The standard InChI is InChI=1S/C14H27N5O2/c1-5-9-15-11(4)13-17-18-14(21-13)16-10-8-12(20)19(6-2)7-3/h11,15H,5-10H2,1-4H3,(H,16,18). The summed E-state index contributed by atoms with van der Waals surface area (Å²) < 4.78 is 5.52. The molecular formula is C14H27N5O2. The van der Waals surface area contributed by atoms with Crippen molar-refractivity contribution in [2.24, 2.45) is 0 Å². The number of carbonyl (C=O) groups excluding carboxylic acids is 1. The molecule has 0 aromatic carbocycles. The number of hydrogen-bond donors (Lipinski definition) is 2. The molecule has 1 amide bonds. The van der Waals surface area contributed by atoms with Crippen LogP contribution < -0.4 is 10.6 Å². The monoisotopic (exact) mass is 297 g/mol. The second-order valence-electron chi connectivity index (χ2n) is 4.86. The Morgan fingerprint density at radius 3 is 2.57 bits per heavy atom. The Morgan fingerprint density at radius 1 is 1.24 bits per heavy atom. The molecule has 21 heavy (non-hydrogen) atoms. The van der Waals surface area contributed by atoms with Gasteiger partial charge in [-0.3, -0.25) is 4.79 Å². The quantitative estimate of drug-likeness (QED) is 0.685. The van der Waals surface area contributed by atoms with Gasteiger partial charge in [0, 0.05) is 26.1 Å². The fraction of sp³-hybridized carbons (Fsp3) is 0.786. The van der Waals surface area contributed by atoms with E-state index >= 15 is 0 Å². The lowest BCUT2D eigenvalue weighted by Gasteiger charge is -2.18. The summed E-state index contributed by atoms with van der Waals surface area (Å²) in [4.78, 5) is 13.6. The lowest BCUT2D eigenvalue weighted by atomic mass is 10.3. The highest BCUT2D eigenvalue weighted by molar-refractivity contribution is 5.76. The van der Waals surface area contributed by atoms with E-state index in [-0.39, 0.29) is 11.9 Å². The fourth-order valence-electron chi connectivity index (χ4n) is 1.94. The van der Waals surface area contributed by atoms with Crippen molar-refractivity contribution >= 4 is 11.9 Å². The van der Waals surface area contributed by atoms with Gasteiger partial charge < -0.3 is 20.0 Å². The van der Waals surface area contributed by atoms with Crippen molar-refractivity contribution in [3.05, 3.63) is 5.89 Å². The Kier molecular flexibility index (Phi) is 7.74. The number of carbonyl (C=O) groups is 1. The van der Waals surface area contributed by atoms with Crippen molar-refractivity contribution in [3.8, 4) is 0 Å². The Labute approximate surface area is 126 Å². The van der Waals surface area contributed by atoms with Gasteiger partial charge in [0.15, 0.2) is 0 Å². The number of nitrogens with one attached hydrogen (secondary N) is 2. The highest BCUT2D eigenvalue weighted by Gasteiger charge is 2.13. The summed E-state index contributed by atoms with van der Waals surface area (Å²) in [7, 11) is 0. The van der Waals surface area contributed by atoms with Gasteiger partial charge in [-0.1, -0.05) is 12.0 Å². The summed E-state index contributed by atoms with van der Waals surface area (Å²) in [6, 6.07) is 0.396. The van der Waals surface area contributed by atoms with Crippen LogP contribution in [0.5, 0.6) is 0 Å². The third kappa shape index (κ3) is 5.71. The molecule has 1 aromatic heterocycles. The summed E-state index contributed by atoms with van der Waals surface area (Å²) in [5, 5.41) is 14.2. The average Bonchev–Trinajstić information content (AvgIpc) is 2.95. The first-order chi connectivity index (χ1) is 10.1. The van der Waals surface area contributed by atoms with Gasteiger partial charge in [-0.2, -0.15) is 0 Å². The molecule has 0 aliphatic heterocycles. The van der Waals surface area contributed by atoms with E-state index in [1.165, 1.54) is 0 Å². The lowest BCUT2D eigenvalue weighted by molar-refractivity contribution is -0.130. The Hall–Kier alpha value is -1.63. The van der Waals surface area contributed by atoms with E-state index in [4.69, 9.17) is 4.42 Å². The van der Waals surface area contributed by atoms with Gasteiger partial charge in [-0.15, -0.1) is 5.10 Å². The molecule has 120 valence electrons. The molecule has 0 aliphatic carbocycles.